The van der Waals surface area contributed by atoms with Gasteiger partial charge in [-0.3, -0.25) is 14.4 Å². The Balaban J connectivity index is 1.34. The van der Waals surface area contributed by atoms with E-state index in [9.17, 15) is 14.4 Å². The van der Waals surface area contributed by atoms with Crippen molar-refractivity contribution in [1.29, 1.82) is 0 Å². The van der Waals surface area contributed by atoms with Gasteiger partial charge in [0.15, 0.2) is 6.73 Å². The van der Waals surface area contributed by atoms with Crippen molar-refractivity contribution in [2.45, 2.75) is 32.1 Å². The molecule has 1 aromatic rings. The molecule has 2 amide bonds. The number of imide groups is 1. The maximum atomic E-state index is 12.2. The lowest BCUT2D eigenvalue weighted by molar-refractivity contribution is -0.147. The minimum Gasteiger partial charge on any atom is -0.444 e. The van der Waals surface area contributed by atoms with E-state index in [0.717, 1.165) is 17.2 Å². The van der Waals surface area contributed by atoms with E-state index in [1.54, 1.807) is 24.3 Å². The molecule has 1 aromatic carbocycles. The van der Waals surface area contributed by atoms with Crippen molar-refractivity contribution in [2.24, 2.45) is 17.8 Å². The lowest BCUT2D eigenvalue weighted by atomic mass is 9.86. The molecule has 5 heteroatoms. The van der Waals surface area contributed by atoms with E-state index in [1.165, 1.54) is 19.3 Å². The van der Waals surface area contributed by atoms with E-state index in [0.29, 0.717) is 29.4 Å². The molecule has 5 nitrogen and oxygen atoms in total. The molecule has 120 valence electrons. The Labute approximate surface area is 134 Å². The molecule has 3 unspecified atom stereocenters. The summed E-state index contributed by atoms with van der Waals surface area (Å²) in [6, 6.07) is 6.67. The lowest BCUT2D eigenvalue weighted by Gasteiger charge is -2.21. The number of hydrogen-bond acceptors (Lipinski definition) is 4. The molecule has 3 atom stereocenters. The number of hydrogen-bond donors (Lipinski definition) is 0. The van der Waals surface area contributed by atoms with Gasteiger partial charge in [-0.05, 0) is 49.1 Å². The molecule has 0 saturated heterocycles. The fraction of sp³-hybridized carbons (Fsp3) is 0.500. The highest BCUT2D eigenvalue weighted by Crippen LogP contribution is 2.49. The van der Waals surface area contributed by atoms with E-state index in [-0.39, 0.29) is 12.7 Å². The van der Waals surface area contributed by atoms with Crippen LogP contribution < -0.4 is 0 Å². The van der Waals surface area contributed by atoms with Crippen LogP contribution in [0.2, 0.25) is 0 Å². The molecule has 0 aromatic heterocycles. The first-order chi connectivity index (χ1) is 11.1. The minimum atomic E-state index is -0.390. The average molecular weight is 313 g/mol. The van der Waals surface area contributed by atoms with E-state index >= 15 is 0 Å². The minimum absolute atomic E-state index is 0.286. The van der Waals surface area contributed by atoms with Crippen LogP contribution >= 0.6 is 0 Å². The second-order valence-corrected chi connectivity index (χ2v) is 6.87. The summed E-state index contributed by atoms with van der Waals surface area (Å²) in [5.41, 5.74) is 0.753. The fourth-order valence-electron chi connectivity index (χ4n) is 4.39. The molecule has 0 spiro atoms. The van der Waals surface area contributed by atoms with Crippen molar-refractivity contribution >= 4 is 17.8 Å². The summed E-state index contributed by atoms with van der Waals surface area (Å²) in [6.07, 6.45) is 5.29. The second kappa shape index (κ2) is 5.48. The van der Waals surface area contributed by atoms with E-state index in [1.807, 2.05) is 0 Å². The number of carbonyl (C=O) groups is 3. The monoisotopic (exact) mass is 313 g/mol. The quantitative estimate of drug-likeness (QED) is 0.633. The number of fused-ring (bicyclic) bond motifs is 3. The van der Waals surface area contributed by atoms with Gasteiger partial charge in [0.05, 0.1) is 11.1 Å². The number of nitrogens with zero attached hydrogens (tertiary/aromatic N) is 1. The van der Waals surface area contributed by atoms with Crippen molar-refractivity contribution in [3.63, 3.8) is 0 Å². The largest absolute Gasteiger partial charge is 0.444 e. The van der Waals surface area contributed by atoms with Gasteiger partial charge in [-0.25, -0.2) is 4.90 Å². The fourth-order valence-corrected chi connectivity index (χ4v) is 4.39. The zero-order valence-corrected chi connectivity index (χ0v) is 12.9. The van der Waals surface area contributed by atoms with Gasteiger partial charge >= 0.3 is 5.97 Å². The van der Waals surface area contributed by atoms with Crippen LogP contribution in [0, 0.1) is 17.8 Å². The van der Waals surface area contributed by atoms with E-state index in [2.05, 4.69) is 0 Å². The number of benzene rings is 1. The first-order valence-corrected chi connectivity index (χ1v) is 8.24. The third kappa shape index (κ3) is 2.44. The van der Waals surface area contributed by atoms with E-state index in [4.69, 9.17) is 4.74 Å². The molecule has 2 saturated carbocycles. The summed E-state index contributed by atoms with van der Waals surface area (Å²) in [7, 11) is 0. The molecule has 0 radical (unpaired) electrons. The van der Waals surface area contributed by atoms with Gasteiger partial charge in [-0.15, -0.1) is 0 Å². The maximum Gasteiger partial charge on any atom is 0.307 e. The Morgan fingerprint density at radius 2 is 1.78 bits per heavy atom. The average Bonchev–Trinajstić information content (AvgIpc) is 3.22. The van der Waals surface area contributed by atoms with E-state index < -0.39 is 11.8 Å². The Kier molecular flexibility index (Phi) is 3.43. The molecule has 23 heavy (non-hydrogen) atoms. The highest BCUT2D eigenvalue weighted by molar-refractivity contribution is 6.21. The predicted octanol–water partition coefficient (Wildman–Crippen LogP) is 2.61. The molecule has 3 aliphatic rings. The van der Waals surface area contributed by atoms with Crippen LogP contribution in [0.1, 0.15) is 52.8 Å². The van der Waals surface area contributed by atoms with Crippen LogP contribution in [0.25, 0.3) is 0 Å². The summed E-state index contributed by atoms with van der Waals surface area (Å²) in [5, 5.41) is 0. The summed E-state index contributed by atoms with van der Waals surface area (Å²) < 4.78 is 5.21. The molecule has 2 aliphatic carbocycles. The highest BCUT2D eigenvalue weighted by Gasteiger charge is 2.41. The summed E-state index contributed by atoms with van der Waals surface area (Å²) >= 11 is 0. The van der Waals surface area contributed by atoms with Crippen molar-refractivity contribution in [3.8, 4) is 0 Å². The third-order valence-electron chi connectivity index (χ3n) is 5.55. The molecular weight excluding hydrogens is 294 g/mol. The molecule has 0 N–H and O–H groups in total. The van der Waals surface area contributed by atoms with Gasteiger partial charge in [0.2, 0.25) is 0 Å². The van der Waals surface area contributed by atoms with Crippen LogP contribution in [0.15, 0.2) is 24.3 Å². The zero-order chi connectivity index (χ0) is 16.0. The number of ether oxygens (including phenoxy) is 1. The maximum absolute atomic E-state index is 12.2. The molecule has 1 aliphatic heterocycles. The van der Waals surface area contributed by atoms with Crippen LogP contribution in [0.4, 0.5) is 0 Å². The summed E-state index contributed by atoms with van der Waals surface area (Å²) in [6.45, 7) is -0.286. The Morgan fingerprint density at radius 3 is 2.35 bits per heavy atom. The summed E-state index contributed by atoms with van der Waals surface area (Å²) in [4.78, 5) is 37.4. The van der Waals surface area contributed by atoms with Crippen molar-refractivity contribution in [2.75, 3.05) is 6.73 Å². The van der Waals surface area contributed by atoms with Gasteiger partial charge < -0.3 is 4.74 Å². The Morgan fingerprint density at radius 1 is 1.09 bits per heavy atom. The molecule has 1 heterocycles. The third-order valence-corrected chi connectivity index (χ3v) is 5.55. The van der Waals surface area contributed by atoms with Crippen molar-refractivity contribution < 1.29 is 19.1 Å². The van der Waals surface area contributed by atoms with Gasteiger partial charge in [0.25, 0.3) is 11.8 Å². The first kappa shape index (κ1) is 14.4. The van der Waals surface area contributed by atoms with Gasteiger partial charge in [-0.1, -0.05) is 18.6 Å². The van der Waals surface area contributed by atoms with Crippen molar-refractivity contribution in [3.05, 3.63) is 35.4 Å². The molecule has 2 fully saturated rings. The predicted molar refractivity (Wildman–Crippen MR) is 81.5 cm³/mol. The van der Waals surface area contributed by atoms with Gasteiger partial charge in [-0.2, -0.15) is 0 Å². The highest BCUT2D eigenvalue weighted by atomic mass is 16.5. The summed E-state index contributed by atoms with van der Waals surface area (Å²) in [5.74, 6) is 0.778. The molecule has 4 rings (SSSR count). The molecule has 2 bridgehead atoms. The standard InChI is InChI=1S/C18H19NO4/c20-16(9-13-8-11-5-6-12(13)7-11)23-10-19-17(21)14-3-1-2-4-15(14)18(19)22/h1-4,11-13H,5-10H2. The first-order valence-electron chi connectivity index (χ1n) is 8.24. The Bertz CT molecular complexity index is 648. The number of esters is 1. The van der Waals surface area contributed by atoms with Gasteiger partial charge in [0.1, 0.15) is 0 Å². The normalized spacial score (nSPS) is 28.3. The second-order valence-electron chi connectivity index (χ2n) is 6.87. The topological polar surface area (TPSA) is 63.7 Å². The van der Waals surface area contributed by atoms with Crippen LogP contribution in [0.3, 0.4) is 0 Å². The smallest absolute Gasteiger partial charge is 0.307 e. The van der Waals surface area contributed by atoms with Crippen LogP contribution in [-0.4, -0.2) is 29.4 Å². The van der Waals surface area contributed by atoms with Gasteiger partial charge in [0, 0.05) is 6.42 Å². The zero-order valence-electron chi connectivity index (χ0n) is 12.9. The van der Waals surface area contributed by atoms with Crippen LogP contribution in [-0.2, 0) is 9.53 Å². The number of rotatable bonds is 4. The van der Waals surface area contributed by atoms with Crippen LogP contribution in [0.5, 0.6) is 0 Å². The lowest BCUT2D eigenvalue weighted by Crippen LogP contribution is -2.33. The Hall–Kier alpha value is -2.17. The SMILES string of the molecule is O=C(CC1CC2CCC1C2)OCN1C(=O)c2ccccc2C1=O. The number of amides is 2. The van der Waals surface area contributed by atoms with Crippen molar-refractivity contribution in [1.82, 2.24) is 4.90 Å². The number of carbonyl (C=O) groups excluding carboxylic acids is 3. The molecular formula is C18H19NO4.